The molecule has 5 nitrogen and oxygen atoms in total. The molecule has 0 saturated carbocycles. The Bertz CT molecular complexity index is 597. The molecule has 0 N–H and O–H groups in total. The molecular weight excluding hydrogens is 293 g/mol. The molecule has 0 fully saturated rings. The second kappa shape index (κ2) is 5.95. The Morgan fingerprint density at radius 2 is 2.21 bits per heavy atom. The van der Waals surface area contributed by atoms with Gasteiger partial charge < -0.3 is 13.9 Å². The van der Waals surface area contributed by atoms with Crippen LogP contribution in [0.25, 0.3) is 0 Å². The molecule has 0 radical (unpaired) electrons. The number of esters is 1. The predicted molar refractivity (Wildman–Crippen MR) is 69.0 cm³/mol. The third kappa shape index (κ3) is 3.19. The first kappa shape index (κ1) is 13.7. The van der Waals surface area contributed by atoms with E-state index in [4.69, 9.17) is 37.1 Å². The Balaban J connectivity index is 2.16. The summed E-state index contributed by atoms with van der Waals surface area (Å²) in [7, 11) is 0. The predicted octanol–water partition coefficient (Wildman–Crippen LogP) is 3.95. The molecule has 0 aliphatic carbocycles. The lowest BCUT2D eigenvalue weighted by atomic mass is 10.3. The van der Waals surface area contributed by atoms with Crippen molar-refractivity contribution in [2.75, 3.05) is 6.61 Å². The van der Waals surface area contributed by atoms with Crippen molar-refractivity contribution in [2.45, 2.75) is 6.92 Å². The van der Waals surface area contributed by atoms with E-state index in [1.807, 2.05) is 0 Å². The molecule has 0 saturated heterocycles. The quantitative estimate of drug-likeness (QED) is 0.800. The maximum atomic E-state index is 11.4. The van der Waals surface area contributed by atoms with Crippen LogP contribution in [0.5, 0.6) is 11.8 Å². The molecule has 0 aliphatic heterocycles. The van der Waals surface area contributed by atoms with Gasteiger partial charge >= 0.3 is 12.0 Å². The highest BCUT2D eigenvalue weighted by Crippen LogP contribution is 2.34. The Morgan fingerprint density at radius 3 is 2.95 bits per heavy atom. The van der Waals surface area contributed by atoms with Gasteiger partial charge in [0.1, 0.15) is 11.3 Å². The van der Waals surface area contributed by atoms with Gasteiger partial charge in [0.05, 0.1) is 11.6 Å². The van der Waals surface area contributed by atoms with E-state index >= 15 is 0 Å². The van der Waals surface area contributed by atoms with Crippen molar-refractivity contribution >= 4 is 29.2 Å². The van der Waals surface area contributed by atoms with Crippen LogP contribution in [0, 0.1) is 0 Å². The normalized spacial score (nSPS) is 10.3. The number of oxazole rings is 1. The van der Waals surface area contributed by atoms with E-state index < -0.39 is 5.97 Å². The number of rotatable bonds is 4. The monoisotopic (exact) mass is 301 g/mol. The molecule has 0 unspecified atom stereocenters. The molecular formula is C12H9Cl2NO4. The Labute approximate surface area is 119 Å². The number of hydrogen-bond acceptors (Lipinski definition) is 5. The van der Waals surface area contributed by atoms with E-state index in [1.165, 1.54) is 0 Å². The number of nitrogens with zero attached hydrogens (tertiary/aromatic N) is 1. The summed E-state index contributed by atoms with van der Waals surface area (Å²) in [5, 5.41) is 0.580. The van der Waals surface area contributed by atoms with E-state index in [-0.39, 0.29) is 29.1 Å². The molecule has 1 heterocycles. The van der Waals surface area contributed by atoms with E-state index in [2.05, 4.69) is 4.98 Å². The SMILES string of the molecule is CCOC(=O)c1coc(Oc2cccc(Cl)c2Cl)n1. The second-order valence-electron chi connectivity index (χ2n) is 3.37. The average molecular weight is 302 g/mol. The minimum absolute atomic E-state index is 0.0231. The van der Waals surface area contributed by atoms with E-state index in [9.17, 15) is 4.79 Å². The summed E-state index contributed by atoms with van der Waals surface area (Å²) < 4.78 is 15.1. The van der Waals surface area contributed by atoms with Crippen molar-refractivity contribution < 1.29 is 18.7 Å². The summed E-state index contributed by atoms with van der Waals surface area (Å²) in [6, 6.07) is 4.89. The zero-order valence-electron chi connectivity index (χ0n) is 9.85. The fourth-order valence-corrected chi connectivity index (χ4v) is 1.59. The first-order valence-electron chi connectivity index (χ1n) is 5.36. The van der Waals surface area contributed by atoms with Gasteiger partial charge in [-0.2, -0.15) is 4.98 Å². The van der Waals surface area contributed by atoms with Crippen molar-refractivity contribution in [2.24, 2.45) is 0 Å². The van der Waals surface area contributed by atoms with Gasteiger partial charge in [0.2, 0.25) is 0 Å². The van der Waals surface area contributed by atoms with Crippen LogP contribution in [0.2, 0.25) is 10.0 Å². The molecule has 0 atom stereocenters. The van der Waals surface area contributed by atoms with Gasteiger partial charge in [-0.1, -0.05) is 29.3 Å². The topological polar surface area (TPSA) is 61.6 Å². The molecule has 7 heteroatoms. The lowest BCUT2D eigenvalue weighted by molar-refractivity contribution is 0.0519. The Kier molecular flexibility index (Phi) is 4.29. The van der Waals surface area contributed by atoms with Gasteiger partial charge in [0, 0.05) is 0 Å². The second-order valence-corrected chi connectivity index (χ2v) is 4.16. The van der Waals surface area contributed by atoms with Gasteiger partial charge in [-0.15, -0.1) is 0 Å². The maximum Gasteiger partial charge on any atom is 0.399 e. The molecule has 2 aromatic rings. The van der Waals surface area contributed by atoms with Crippen molar-refractivity contribution in [1.29, 1.82) is 0 Å². The van der Waals surface area contributed by atoms with Crippen LogP contribution in [-0.2, 0) is 4.74 Å². The van der Waals surface area contributed by atoms with Crippen LogP contribution in [0.4, 0.5) is 0 Å². The Hall–Kier alpha value is -1.72. The summed E-state index contributed by atoms with van der Waals surface area (Å²) in [5.74, 6) is -0.301. The third-order valence-electron chi connectivity index (χ3n) is 2.08. The summed E-state index contributed by atoms with van der Waals surface area (Å²) in [6.07, 6.45) is 1.03. The largest absolute Gasteiger partial charge is 0.461 e. The standard InChI is InChI=1S/C12H9Cl2NO4/c1-2-17-11(16)8-6-18-12(15-8)19-9-5-3-4-7(13)10(9)14/h3-6H,2H2,1H3. The summed E-state index contributed by atoms with van der Waals surface area (Å²) in [4.78, 5) is 15.2. The van der Waals surface area contributed by atoms with Crippen LogP contribution in [0.3, 0.4) is 0 Å². The van der Waals surface area contributed by atoms with Crippen molar-refractivity contribution in [3.05, 3.63) is 40.2 Å². The van der Waals surface area contributed by atoms with Crippen LogP contribution >= 0.6 is 23.2 Å². The lowest BCUT2D eigenvalue weighted by Crippen LogP contribution is -2.04. The van der Waals surface area contributed by atoms with Gasteiger partial charge in [-0.25, -0.2) is 4.79 Å². The highest BCUT2D eigenvalue weighted by molar-refractivity contribution is 6.42. The maximum absolute atomic E-state index is 11.4. The van der Waals surface area contributed by atoms with Crippen LogP contribution in [0.1, 0.15) is 17.4 Å². The van der Waals surface area contributed by atoms with Crippen LogP contribution in [0.15, 0.2) is 28.9 Å². The first-order chi connectivity index (χ1) is 9.11. The fraction of sp³-hybridized carbons (Fsp3) is 0.167. The molecule has 0 aliphatic rings. The molecule has 0 spiro atoms. The number of carbonyl (C=O) groups is 1. The number of hydrogen-bond donors (Lipinski definition) is 0. The molecule has 0 bridgehead atoms. The van der Waals surface area contributed by atoms with E-state index in [0.29, 0.717) is 5.02 Å². The molecule has 1 aromatic carbocycles. The summed E-state index contributed by atoms with van der Waals surface area (Å²) in [5.41, 5.74) is 0.0231. The minimum Gasteiger partial charge on any atom is -0.461 e. The smallest absolute Gasteiger partial charge is 0.399 e. The molecule has 2 rings (SSSR count). The number of ether oxygens (including phenoxy) is 2. The fourth-order valence-electron chi connectivity index (χ4n) is 1.26. The number of carbonyl (C=O) groups excluding carboxylic acids is 1. The van der Waals surface area contributed by atoms with Gasteiger partial charge in [-0.3, -0.25) is 0 Å². The van der Waals surface area contributed by atoms with E-state index in [0.717, 1.165) is 6.26 Å². The zero-order chi connectivity index (χ0) is 13.8. The van der Waals surface area contributed by atoms with Crippen molar-refractivity contribution in [1.82, 2.24) is 4.98 Å². The highest BCUT2D eigenvalue weighted by Gasteiger charge is 2.15. The lowest BCUT2D eigenvalue weighted by Gasteiger charge is -2.03. The molecule has 19 heavy (non-hydrogen) atoms. The van der Waals surface area contributed by atoms with Crippen molar-refractivity contribution in [3.8, 4) is 11.8 Å². The zero-order valence-corrected chi connectivity index (χ0v) is 11.4. The van der Waals surface area contributed by atoms with E-state index in [1.54, 1.807) is 25.1 Å². The molecule has 0 amide bonds. The van der Waals surface area contributed by atoms with Gasteiger partial charge in [-0.05, 0) is 19.1 Å². The van der Waals surface area contributed by atoms with Gasteiger partial charge in [0.25, 0.3) is 0 Å². The molecule has 100 valence electrons. The number of benzene rings is 1. The average Bonchev–Trinajstić information content (AvgIpc) is 2.84. The molecule has 1 aromatic heterocycles. The summed E-state index contributed by atoms with van der Waals surface area (Å²) in [6.45, 7) is 1.95. The third-order valence-corrected chi connectivity index (χ3v) is 2.88. The van der Waals surface area contributed by atoms with Crippen LogP contribution in [-0.4, -0.2) is 17.6 Å². The highest BCUT2D eigenvalue weighted by atomic mass is 35.5. The minimum atomic E-state index is -0.585. The van der Waals surface area contributed by atoms with Gasteiger partial charge in [0.15, 0.2) is 11.4 Å². The first-order valence-corrected chi connectivity index (χ1v) is 6.12. The number of halogens is 2. The summed E-state index contributed by atoms with van der Waals surface area (Å²) >= 11 is 11.8. The Morgan fingerprint density at radius 1 is 1.42 bits per heavy atom. The number of aromatic nitrogens is 1. The van der Waals surface area contributed by atoms with Crippen molar-refractivity contribution in [3.63, 3.8) is 0 Å². The van der Waals surface area contributed by atoms with Crippen LogP contribution < -0.4 is 4.74 Å².